The molecule has 0 radical (unpaired) electrons. The van der Waals surface area contributed by atoms with Gasteiger partial charge in [-0.2, -0.15) is 4.68 Å². The Morgan fingerprint density at radius 3 is 2.94 bits per heavy atom. The lowest BCUT2D eigenvalue weighted by Gasteiger charge is -2.02. The molecule has 0 bridgehead atoms. The number of hydrogen-bond acceptors (Lipinski definition) is 5. The predicted octanol–water partition coefficient (Wildman–Crippen LogP) is 0.911. The molecule has 0 fully saturated rings. The Morgan fingerprint density at radius 2 is 2.44 bits per heavy atom. The number of esters is 1. The molecular formula is C9H11N3O4. The summed E-state index contributed by atoms with van der Waals surface area (Å²) < 4.78 is 5.98. The first-order valence-corrected chi connectivity index (χ1v) is 4.57. The molecule has 86 valence electrons. The van der Waals surface area contributed by atoms with Gasteiger partial charge in [0.2, 0.25) is 0 Å². The molecule has 0 atom stereocenters. The number of nitro groups is 1. The molecule has 0 unspecified atom stereocenters. The van der Waals surface area contributed by atoms with Gasteiger partial charge in [0, 0.05) is 0 Å². The topological polar surface area (TPSA) is 87.3 Å². The Kier molecular flexibility index (Phi) is 3.76. The van der Waals surface area contributed by atoms with Crippen LogP contribution in [-0.4, -0.2) is 27.3 Å². The predicted molar refractivity (Wildman–Crippen MR) is 54.7 cm³/mol. The minimum absolute atomic E-state index is 0.0761. The zero-order valence-corrected chi connectivity index (χ0v) is 8.75. The highest BCUT2D eigenvalue weighted by Crippen LogP contribution is 2.07. The standard InChI is InChI=1S/C9H11N3O4/c1-3-16-9(13)7(2)6-11-5-4-8(10-11)12(14)15/h4-5H,2-3,6H2,1H3. The minimum atomic E-state index is -0.608. The number of nitrogens with zero attached hydrogens (tertiary/aromatic N) is 3. The summed E-state index contributed by atoms with van der Waals surface area (Å²) in [6.45, 7) is 5.54. The highest BCUT2D eigenvalue weighted by atomic mass is 16.6. The third-order valence-electron chi connectivity index (χ3n) is 1.73. The molecule has 7 heteroatoms. The summed E-state index contributed by atoms with van der Waals surface area (Å²) in [5.41, 5.74) is 0.194. The van der Waals surface area contributed by atoms with Crippen molar-refractivity contribution in [1.82, 2.24) is 9.78 Å². The third-order valence-corrected chi connectivity index (χ3v) is 1.73. The van der Waals surface area contributed by atoms with Crippen molar-refractivity contribution < 1.29 is 14.5 Å². The first-order chi connectivity index (χ1) is 7.54. The molecule has 0 aliphatic rings. The van der Waals surface area contributed by atoms with E-state index in [2.05, 4.69) is 11.7 Å². The fraction of sp³-hybridized carbons (Fsp3) is 0.333. The lowest BCUT2D eigenvalue weighted by molar-refractivity contribution is -0.389. The maximum Gasteiger partial charge on any atom is 0.389 e. The highest BCUT2D eigenvalue weighted by molar-refractivity contribution is 5.87. The van der Waals surface area contributed by atoms with Crippen molar-refractivity contribution in [2.24, 2.45) is 0 Å². The zero-order valence-electron chi connectivity index (χ0n) is 8.75. The third kappa shape index (κ3) is 2.91. The molecule has 1 aromatic heterocycles. The van der Waals surface area contributed by atoms with Crippen LogP contribution < -0.4 is 0 Å². The summed E-state index contributed by atoms with van der Waals surface area (Å²) in [4.78, 5) is 20.9. The molecule has 0 saturated heterocycles. The monoisotopic (exact) mass is 225 g/mol. The van der Waals surface area contributed by atoms with Crippen molar-refractivity contribution in [3.63, 3.8) is 0 Å². The van der Waals surface area contributed by atoms with E-state index >= 15 is 0 Å². The lowest BCUT2D eigenvalue weighted by atomic mass is 10.3. The van der Waals surface area contributed by atoms with Crippen LogP contribution in [0.5, 0.6) is 0 Å². The number of rotatable bonds is 5. The average Bonchev–Trinajstić information content (AvgIpc) is 2.66. The summed E-state index contributed by atoms with van der Waals surface area (Å²) in [5, 5.41) is 14.0. The van der Waals surface area contributed by atoms with E-state index in [1.54, 1.807) is 6.92 Å². The smallest absolute Gasteiger partial charge is 0.389 e. The second-order valence-corrected chi connectivity index (χ2v) is 2.95. The molecule has 1 aromatic rings. The first-order valence-electron chi connectivity index (χ1n) is 4.57. The Labute approximate surface area is 91.5 Å². The van der Waals surface area contributed by atoms with Gasteiger partial charge in [-0.3, -0.25) is 0 Å². The Hall–Kier alpha value is -2.18. The van der Waals surface area contributed by atoms with Gasteiger partial charge in [-0.25, -0.2) is 4.79 Å². The van der Waals surface area contributed by atoms with Crippen LogP contribution >= 0.6 is 0 Å². The number of carbonyl (C=O) groups is 1. The van der Waals surface area contributed by atoms with Crippen molar-refractivity contribution >= 4 is 11.8 Å². The Bertz CT molecular complexity index is 424. The largest absolute Gasteiger partial charge is 0.463 e. The van der Waals surface area contributed by atoms with E-state index in [1.165, 1.54) is 16.9 Å². The van der Waals surface area contributed by atoms with Gasteiger partial charge in [0.25, 0.3) is 0 Å². The van der Waals surface area contributed by atoms with Gasteiger partial charge >= 0.3 is 11.8 Å². The Balaban J connectivity index is 2.63. The second kappa shape index (κ2) is 5.06. The molecule has 16 heavy (non-hydrogen) atoms. The van der Waals surface area contributed by atoms with Gasteiger partial charge < -0.3 is 14.9 Å². The summed E-state index contributed by atoms with van der Waals surface area (Å²) in [7, 11) is 0. The maximum atomic E-state index is 11.2. The fourth-order valence-corrected chi connectivity index (χ4v) is 1.03. The van der Waals surface area contributed by atoms with Crippen molar-refractivity contribution in [3.8, 4) is 0 Å². The Morgan fingerprint density at radius 1 is 1.75 bits per heavy atom. The van der Waals surface area contributed by atoms with Crippen molar-refractivity contribution in [2.75, 3.05) is 6.61 Å². The highest BCUT2D eigenvalue weighted by Gasteiger charge is 2.14. The van der Waals surface area contributed by atoms with Crippen LogP contribution in [0.2, 0.25) is 0 Å². The summed E-state index contributed by atoms with van der Waals surface area (Å²) in [6.07, 6.45) is 1.41. The van der Waals surface area contributed by atoms with E-state index in [0.717, 1.165) is 0 Å². The fourth-order valence-electron chi connectivity index (χ4n) is 1.03. The molecule has 0 N–H and O–H groups in total. The molecule has 0 aliphatic carbocycles. The molecule has 1 rings (SSSR count). The molecule has 0 aliphatic heterocycles. The van der Waals surface area contributed by atoms with E-state index in [-0.39, 0.29) is 24.5 Å². The van der Waals surface area contributed by atoms with E-state index in [1.807, 2.05) is 0 Å². The maximum absolute atomic E-state index is 11.2. The molecular weight excluding hydrogens is 214 g/mol. The molecule has 0 spiro atoms. The SMILES string of the molecule is C=C(Cn1ccc([N+](=O)[O-])n1)C(=O)OCC. The van der Waals surface area contributed by atoms with Crippen LogP contribution in [0.1, 0.15) is 6.92 Å². The lowest BCUT2D eigenvalue weighted by Crippen LogP contribution is -2.12. The number of hydrogen-bond donors (Lipinski definition) is 0. The molecule has 0 amide bonds. The van der Waals surface area contributed by atoms with Crippen molar-refractivity contribution in [2.45, 2.75) is 13.5 Å². The van der Waals surface area contributed by atoms with Crippen molar-refractivity contribution in [3.05, 3.63) is 34.5 Å². The zero-order chi connectivity index (χ0) is 12.1. The molecule has 0 saturated carbocycles. The van der Waals surface area contributed by atoms with Crippen LogP contribution in [0, 0.1) is 10.1 Å². The quantitative estimate of drug-likeness (QED) is 0.321. The molecule has 1 heterocycles. The molecule has 0 aromatic carbocycles. The number of ether oxygens (including phenoxy) is 1. The van der Waals surface area contributed by atoms with Crippen LogP contribution in [-0.2, 0) is 16.1 Å². The van der Waals surface area contributed by atoms with Gasteiger partial charge in [0.15, 0.2) is 0 Å². The summed E-state index contributed by atoms with van der Waals surface area (Å²) in [5.74, 6) is -0.794. The van der Waals surface area contributed by atoms with E-state index < -0.39 is 10.9 Å². The van der Waals surface area contributed by atoms with Crippen LogP contribution in [0.4, 0.5) is 5.82 Å². The summed E-state index contributed by atoms with van der Waals surface area (Å²) in [6, 6.07) is 1.25. The van der Waals surface area contributed by atoms with Crippen LogP contribution in [0.3, 0.4) is 0 Å². The van der Waals surface area contributed by atoms with Crippen LogP contribution in [0.15, 0.2) is 24.4 Å². The average molecular weight is 225 g/mol. The minimum Gasteiger partial charge on any atom is -0.463 e. The van der Waals surface area contributed by atoms with E-state index in [0.29, 0.717) is 0 Å². The van der Waals surface area contributed by atoms with Crippen LogP contribution in [0.25, 0.3) is 0 Å². The van der Waals surface area contributed by atoms with Gasteiger partial charge in [0.1, 0.15) is 0 Å². The van der Waals surface area contributed by atoms with E-state index in [9.17, 15) is 14.9 Å². The van der Waals surface area contributed by atoms with Gasteiger partial charge in [-0.15, -0.1) is 0 Å². The van der Waals surface area contributed by atoms with Gasteiger partial charge in [0.05, 0.1) is 36.1 Å². The molecule has 7 nitrogen and oxygen atoms in total. The normalized spacial score (nSPS) is 9.81. The number of aromatic nitrogens is 2. The van der Waals surface area contributed by atoms with Gasteiger partial charge in [-0.05, 0) is 11.8 Å². The number of carbonyl (C=O) groups excluding carboxylic acids is 1. The first kappa shape index (κ1) is 11.9. The van der Waals surface area contributed by atoms with E-state index in [4.69, 9.17) is 4.74 Å². The van der Waals surface area contributed by atoms with Gasteiger partial charge in [-0.1, -0.05) is 6.58 Å². The van der Waals surface area contributed by atoms with Crippen molar-refractivity contribution in [1.29, 1.82) is 0 Å². The summed E-state index contributed by atoms with van der Waals surface area (Å²) >= 11 is 0. The second-order valence-electron chi connectivity index (χ2n) is 2.95.